The second-order valence-electron chi connectivity index (χ2n) is 3.03. The summed E-state index contributed by atoms with van der Waals surface area (Å²) >= 11 is 4.24. The zero-order valence-electron chi connectivity index (χ0n) is 10.1. The van der Waals surface area contributed by atoms with Gasteiger partial charge in [0.1, 0.15) is 0 Å². The second kappa shape index (κ2) is 10.7. The number of carbonyl (C=O) groups excluding carboxylic acids is 3. The first-order chi connectivity index (χ1) is 8.39. The van der Waals surface area contributed by atoms with E-state index in [0.29, 0.717) is 0 Å². The molecule has 0 aliphatic heterocycles. The quantitative estimate of drug-likeness (QED) is 0.347. The molecule has 0 saturated heterocycles. The Balaban J connectivity index is 0. The van der Waals surface area contributed by atoms with Gasteiger partial charge in [-0.1, -0.05) is 0 Å². The molecule has 0 spiro atoms. The summed E-state index contributed by atoms with van der Waals surface area (Å²) in [5.74, 6) is -2.77. The zero-order chi connectivity index (χ0) is 14.8. The second-order valence-corrected chi connectivity index (χ2v) is 3.03. The standard InChI is InChI=1S/C9H14O7.I2/c1-14-6(10)4-9(13,8(12)16-3)5-7(11)15-2;1-2/h13H,4-5H2,1-3H3;. The van der Waals surface area contributed by atoms with Crippen LogP contribution < -0.4 is 0 Å². The Morgan fingerprint density at radius 2 is 1.28 bits per heavy atom. The molecule has 0 aromatic rings. The highest BCUT2D eigenvalue weighted by Crippen LogP contribution is 2.18. The first-order valence-electron chi connectivity index (χ1n) is 4.48. The van der Waals surface area contributed by atoms with Crippen molar-refractivity contribution >= 4 is 55.1 Å². The minimum absolute atomic E-state index is 0.675. The van der Waals surface area contributed by atoms with Gasteiger partial charge in [0, 0.05) is 37.2 Å². The van der Waals surface area contributed by atoms with Crippen LogP contribution in [-0.4, -0.2) is 49.9 Å². The van der Waals surface area contributed by atoms with E-state index >= 15 is 0 Å². The van der Waals surface area contributed by atoms with Crippen molar-refractivity contribution in [3.8, 4) is 0 Å². The van der Waals surface area contributed by atoms with Gasteiger partial charge in [0.15, 0.2) is 5.60 Å². The molecule has 106 valence electrons. The first kappa shape index (κ1) is 20.2. The Hall–Kier alpha value is -0.170. The van der Waals surface area contributed by atoms with E-state index in [-0.39, 0.29) is 0 Å². The number of hydrogen-bond acceptors (Lipinski definition) is 7. The molecule has 0 aromatic carbocycles. The third kappa shape index (κ3) is 7.31. The number of ether oxygens (including phenoxy) is 3. The minimum Gasteiger partial charge on any atom is -0.469 e. The lowest BCUT2D eigenvalue weighted by molar-refractivity contribution is -0.174. The molecule has 0 fully saturated rings. The molecule has 0 unspecified atom stereocenters. The monoisotopic (exact) mass is 488 g/mol. The predicted octanol–water partition coefficient (Wildman–Crippen LogP) is 0.788. The van der Waals surface area contributed by atoms with Crippen molar-refractivity contribution in [1.82, 2.24) is 0 Å². The summed E-state index contributed by atoms with van der Waals surface area (Å²) in [4.78, 5) is 33.2. The van der Waals surface area contributed by atoms with Gasteiger partial charge >= 0.3 is 17.9 Å². The van der Waals surface area contributed by atoms with Crippen LogP contribution in [-0.2, 0) is 28.6 Å². The van der Waals surface area contributed by atoms with Crippen LogP contribution in [0.1, 0.15) is 12.8 Å². The molecule has 0 aliphatic rings. The highest BCUT2D eigenvalue weighted by molar-refractivity contribution is 15.0. The molecule has 0 aromatic heterocycles. The maximum atomic E-state index is 11.2. The largest absolute Gasteiger partial charge is 0.469 e. The summed E-state index contributed by atoms with van der Waals surface area (Å²) < 4.78 is 12.9. The van der Waals surface area contributed by atoms with Gasteiger partial charge in [-0.25, -0.2) is 4.79 Å². The molecule has 0 amide bonds. The van der Waals surface area contributed by atoms with E-state index in [1.165, 1.54) is 0 Å². The molecule has 0 bridgehead atoms. The van der Waals surface area contributed by atoms with Crippen molar-refractivity contribution in [1.29, 1.82) is 0 Å². The molecule has 1 N–H and O–H groups in total. The summed E-state index contributed by atoms with van der Waals surface area (Å²) in [5.41, 5.74) is -2.26. The van der Waals surface area contributed by atoms with Crippen LogP contribution in [0.3, 0.4) is 0 Å². The minimum atomic E-state index is -2.26. The van der Waals surface area contributed by atoms with Crippen LogP contribution in [0.2, 0.25) is 0 Å². The lowest BCUT2D eigenvalue weighted by Gasteiger charge is -2.22. The van der Waals surface area contributed by atoms with Crippen molar-refractivity contribution in [2.24, 2.45) is 0 Å². The van der Waals surface area contributed by atoms with Gasteiger partial charge in [0.05, 0.1) is 34.2 Å². The molecule has 0 heterocycles. The SMILES string of the molecule is COC(=O)CC(O)(CC(=O)OC)C(=O)OC.II. The van der Waals surface area contributed by atoms with Crippen LogP contribution in [0.4, 0.5) is 0 Å². The van der Waals surface area contributed by atoms with E-state index in [9.17, 15) is 19.5 Å². The smallest absolute Gasteiger partial charge is 0.339 e. The third-order valence-electron chi connectivity index (χ3n) is 1.89. The van der Waals surface area contributed by atoms with Crippen LogP contribution in [0.5, 0.6) is 0 Å². The topological polar surface area (TPSA) is 99.1 Å². The normalized spacial score (nSPS) is 9.67. The summed E-state index contributed by atoms with van der Waals surface area (Å²) in [5, 5.41) is 9.81. The van der Waals surface area contributed by atoms with Gasteiger partial charge in [0.2, 0.25) is 0 Å². The number of hydrogen-bond donors (Lipinski definition) is 1. The maximum Gasteiger partial charge on any atom is 0.339 e. The number of aliphatic hydroxyl groups is 1. The number of halogens is 2. The first-order valence-corrected chi connectivity index (χ1v) is 10.8. The molecule has 9 heteroatoms. The van der Waals surface area contributed by atoms with Crippen LogP contribution in [0, 0.1) is 0 Å². The van der Waals surface area contributed by atoms with Gasteiger partial charge < -0.3 is 19.3 Å². The van der Waals surface area contributed by atoms with Crippen LogP contribution in [0.15, 0.2) is 0 Å². The fourth-order valence-corrected chi connectivity index (χ4v) is 1.02. The van der Waals surface area contributed by atoms with Gasteiger partial charge in [-0.15, -0.1) is 0 Å². The number of esters is 3. The molecular formula is C9H14I2O7. The fourth-order valence-electron chi connectivity index (χ4n) is 1.02. The van der Waals surface area contributed by atoms with Gasteiger partial charge in [0.25, 0.3) is 0 Å². The molecule has 18 heavy (non-hydrogen) atoms. The number of rotatable bonds is 5. The molecule has 0 rings (SSSR count). The Labute approximate surface area is 128 Å². The fraction of sp³-hybridized carbons (Fsp3) is 0.667. The Morgan fingerprint density at radius 3 is 1.50 bits per heavy atom. The highest BCUT2D eigenvalue weighted by atomic mass is 128. The number of methoxy groups -OCH3 is 3. The van der Waals surface area contributed by atoms with Gasteiger partial charge in [-0.05, 0) is 0 Å². The summed E-state index contributed by atoms with van der Waals surface area (Å²) in [7, 11) is 3.22. The van der Waals surface area contributed by atoms with E-state index < -0.39 is 36.4 Å². The summed E-state index contributed by atoms with van der Waals surface area (Å²) in [6.45, 7) is 0. The third-order valence-corrected chi connectivity index (χ3v) is 1.89. The lowest BCUT2D eigenvalue weighted by Crippen LogP contribution is -2.44. The summed E-state index contributed by atoms with van der Waals surface area (Å²) in [6, 6.07) is 0. The van der Waals surface area contributed by atoms with Crippen LogP contribution >= 0.6 is 37.2 Å². The van der Waals surface area contributed by atoms with Crippen LogP contribution in [0.25, 0.3) is 0 Å². The van der Waals surface area contributed by atoms with Crippen molar-refractivity contribution in [3.63, 3.8) is 0 Å². The lowest BCUT2D eigenvalue weighted by atomic mass is 9.96. The van der Waals surface area contributed by atoms with Gasteiger partial charge in [-0.3, -0.25) is 9.59 Å². The van der Waals surface area contributed by atoms with E-state index in [1.807, 2.05) is 0 Å². The average Bonchev–Trinajstić information content (AvgIpc) is 2.39. The average molecular weight is 488 g/mol. The Kier molecular flexibility index (Phi) is 12.0. The molecule has 0 radical (unpaired) electrons. The molecule has 0 atom stereocenters. The Bertz CT molecular complexity index is 275. The molecule has 7 nitrogen and oxygen atoms in total. The molecule has 0 saturated carbocycles. The van der Waals surface area contributed by atoms with E-state index in [1.54, 1.807) is 0 Å². The van der Waals surface area contributed by atoms with Crippen molar-refractivity contribution in [2.45, 2.75) is 18.4 Å². The van der Waals surface area contributed by atoms with Crippen molar-refractivity contribution in [3.05, 3.63) is 0 Å². The van der Waals surface area contributed by atoms with Crippen molar-refractivity contribution in [2.75, 3.05) is 21.3 Å². The van der Waals surface area contributed by atoms with Gasteiger partial charge in [-0.2, -0.15) is 0 Å². The molecular weight excluding hydrogens is 474 g/mol. The molecule has 0 aliphatic carbocycles. The maximum absolute atomic E-state index is 11.2. The zero-order valence-corrected chi connectivity index (χ0v) is 14.4. The Morgan fingerprint density at radius 1 is 0.944 bits per heavy atom. The van der Waals surface area contributed by atoms with E-state index in [2.05, 4.69) is 51.4 Å². The summed E-state index contributed by atoms with van der Waals surface area (Å²) in [6.07, 6.45) is -1.35. The van der Waals surface area contributed by atoms with E-state index in [0.717, 1.165) is 21.3 Å². The van der Waals surface area contributed by atoms with E-state index in [4.69, 9.17) is 0 Å². The predicted molar refractivity (Wildman–Crippen MR) is 78.3 cm³/mol. The highest BCUT2D eigenvalue weighted by Gasteiger charge is 2.42. The number of carbonyl (C=O) groups is 3. The van der Waals surface area contributed by atoms with Crippen molar-refractivity contribution < 1.29 is 33.7 Å².